The van der Waals surface area contributed by atoms with Crippen molar-refractivity contribution in [2.24, 2.45) is 0 Å². The van der Waals surface area contributed by atoms with Crippen LogP contribution >= 0.6 is 11.6 Å². The van der Waals surface area contributed by atoms with Crippen LogP contribution < -0.4 is 16.0 Å². The lowest BCUT2D eigenvalue weighted by Crippen LogP contribution is -2.33. The molecule has 0 aliphatic carbocycles. The normalized spacial score (nSPS) is 13.9. The summed E-state index contributed by atoms with van der Waals surface area (Å²) in [7, 11) is 1.67. The van der Waals surface area contributed by atoms with Crippen molar-refractivity contribution in [1.29, 1.82) is 0 Å². The van der Waals surface area contributed by atoms with Crippen molar-refractivity contribution in [3.05, 3.63) is 73.9 Å². The third-order valence-corrected chi connectivity index (χ3v) is 5.80. The number of fused-ring (bicyclic) bond motifs is 4. The number of nitrogens with zero attached hydrogens (tertiary/aromatic N) is 1. The van der Waals surface area contributed by atoms with Gasteiger partial charge in [-0.15, -0.1) is 0 Å². The van der Waals surface area contributed by atoms with Gasteiger partial charge in [0.1, 0.15) is 23.6 Å². The molecule has 5 rings (SSSR count). The van der Waals surface area contributed by atoms with E-state index >= 15 is 0 Å². The first kappa shape index (κ1) is 20.8. The van der Waals surface area contributed by atoms with Gasteiger partial charge in [-0.3, -0.25) is 4.90 Å². The quantitative estimate of drug-likeness (QED) is 0.327. The molecule has 3 heterocycles. The summed E-state index contributed by atoms with van der Waals surface area (Å²) in [5, 5.41) is 1.83. The van der Waals surface area contributed by atoms with Gasteiger partial charge in [0.05, 0.1) is 11.1 Å². The van der Waals surface area contributed by atoms with E-state index < -0.39 is 11.3 Å². The highest BCUT2D eigenvalue weighted by Gasteiger charge is 2.23. The van der Waals surface area contributed by atoms with Crippen LogP contribution in [0.25, 0.3) is 33.1 Å². The van der Waals surface area contributed by atoms with Gasteiger partial charge in [-0.05, 0) is 42.8 Å². The Kier molecular flexibility index (Phi) is 5.46. The molecule has 7 nitrogen and oxygen atoms in total. The second-order valence-electron chi connectivity index (χ2n) is 7.70. The molecule has 0 amide bonds. The van der Waals surface area contributed by atoms with Gasteiger partial charge in [0.25, 0.3) is 0 Å². The number of hydrogen-bond acceptors (Lipinski definition) is 7. The van der Waals surface area contributed by atoms with E-state index in [1.807, 2.05) is 6.07 Å². The lowest BCUT2D eigenvalue weighted by atomic mass is 9.99. The highest BCUT2D eigenvalue weighted by atomic mass is 35.5. The molecule has 1 aliphatic rings. The van der Waals surface area contributed by atoms with E-state index in [2.05, 4.69) is 4.90 Å². The van der Waals surface area contributed by atoms with E-state index in [1.54, 1.807) is 37.4 Å². The van der Waals surface area contributed by atoms with Crippen molar-refractivity contribution >= 4 is 33.5 Å². The van der Waals surface area contributed by atoms with Gasteiger partial charge in [0.15, 0.2) is 0 Å². The molecule has 8 heteroatoms. The van der Waals surface area contributed by atoms with Crippen molar-refractivity contribution in [2.75, 3.05) is 27.0 Å². The molecule has 32 heavy (non-hydrogen) atoms. The fraction of sp³-hybridized carbons (Fsp3) is 0.250. The van der Waals surface area contributed by atoms with E-state index in [1.165, 1.54) is 6.07 Å². The Labute approximate surface area is 187 Å². The molecule has 0 unspecified atom stereocenters. The van der Waals surface area contributed by atoms with Gasteiger partial charge in [-0.25, -0.2) is 9.59 Å². The van der Waals surface area contributed by atoms with Crippen LogP contribution in [0.4, 0.5) is 0 Å². The van der Waals surface area contributed by atoms with Gasteiger partial charge in [0, 0.05) is 54.2 Å². The zero-order valence-electron chi connectivity index (χ0n) is 17.4. The third-order valence-electron chi connectivity index (χ3n) is 5.56. The van der Waals surface area contributed by atoms with E-state index in [0.29, 0.717) is 58.2 Å². The Balaban J connectivity index is 1.66. The van der Waals surface area contributed by atoms with Crippen LogP contribution in [0.2, 0.25) is 5.02 Å². The largest absolute Gasteiger partial charge is 0.478 e. The van der Waals surface area contributed by atoms with Crippen LogP contribution in [-0.2, 0) is 11.3 Å². The summed E-state index contributed by atoms with van der Waals surface area (Å²) in [4.78, 5) is 27.4. The Morgan fingerprint density at radius 1 is 1.06 bits per heavy atom. The van der Waals surface area contributed by atoms with Crippen molar-refractivity contribution in [3.63, 3.8) is 0 Å². The van der Waals surface area contributed by atoms with Crippen molar-refractivity contribution in [1.82, 2.24) is 4.90 Å². The van der Waals surface area contributed by atoms with Crippen LogP contribution in [-0.4, -0.2) is 31.9 Å². The highest BCUT2D eigenvalue weighted by molar-refractivity contribution is 6.31. The minimum absolute atomic E-state index is 0.270. The van der Waals surface area contributed by atoms with Gasteiger partial charge in [-0.1, -0.05) is 11.6 Å². The first-order valence-corrected chi connectivity index (χ1v) is 10.6. The number of hydrogen-bond donors (Lipinski definition) is 0. The zero-order valence-corrected chi connectivity index (χ0v) is 18.1. The van der Waals surface area contributed by atoms with Gasteiger partial charge < -0.3 is 18.3 Å². The molecule has 164 valence electrons. The average molecular weight is 454 g/mol. The first-order valence-electron chi connectivity index (χ1n) is 10.2. The minimum atomic E-state index is -0.553. The van der Waals surface area contributed by atoms with Crippen LogP contribution in [0, 0.1) is 0 Å². The molecule has 0 spiro atoms. The first-order chi connectivity index (χ1) is 15.5. The van der Waals surface area contributed by atoms with E-state index in [9.17, 15) is 9.59 Å². The molecule has 2 aromatic heterocycles. The van der Waals surface area contributed by atoms with E-state index in [4.69, 9.17) is 29.9 Å². The second-order valence-corrected chi connectivity index (χ2v) is 8.14. The topological polar surface area (TPSA) is 82.1 Å². The molecule has 0 fully saturated rings. The van der Waals surface area contributed by atoms with E-state index in [0.717, 1.165) is 18.5 Å². The Bertz CT molecular complexity index is 1440. The number of halogens is 1. The lowest BCUT2D eigenvalue weighted by Gasteiger charge is -2.29. The molecule has 0 saturated carbocycles. The lowest BCUT2D eigenvalue weighted by molar-refractivity contribution is 0.0837. The highest BCUT2D eigenvalue weighted by Crippen LogP contribution is 2.36. The Morgan fingerprint density at radius 2 is 1.94 bits per heavy atom. The fourth-order valence-electron chi connectivity index (χ4n) is 4.06. The summed E-state index contributed by atoms with van der Waals surface area (Å²) in [5.74, 6) is 0.665. The predicted octanol–water partition coefficient (Wildman–Crippen LogP) is 4.41. The average Bonchev–Trinajstić information content (AvgIpc) is 2.78. The number of methoxy groups -OCH3 is 1. The van der Waals surface area contributed by atoms with E-state index in [-0.39, 0.29) is 5.56 Å². The molecular weight excluding hydrogens is 434 g/mol. The summed E-state index contributed by atoms with van der Waals surface area (Å²) >= 11 is 6.10. The zero-order chi connectivity index (χ0) is 22.2. The SMILES string of the molecule is COCCCN1COc2ccc3c(-c4cc5cc(Cl)ccc5oc4=O)cc(=O)oc3c2C1. The van der Waals surface area contributed by atoms with Crippen molar-refractivity contribution < 1.29 is 18.3 Å². The Hall–Kier alpha value is -3.13. The maximum atomic E-state index is 12.8. The molecule has 0 N–H and O–H groups in total. The number of benzene rings is 2. The smallest absolute Gasteiger partial charge is 0.344 e. The summed E-state index contributed by atoms with van der Waals surface area (Å²) < 4.78 is 22.1. The van der Waals surface area contributed by atoms with Crippen molar-refractivity contribution in [3.8, 4) is 16.9 Å². The Morgan fingerprint density at radius 3 is 2.78 bits per heavy atom. The van der Waals surface area contributed by atoms with Crippen molar-refractivity contribution in [2.45, 2.75) is 13.0 Å². The predicted molar refractivity (Wildman–Crippen MR) is 121 cm³/mol. The molecule has 4 aromatic rings. The molecule has 0 radical (unpaired) electrons. The van der Waals surface area contributed by atoms with Gasteiger partial charge in [0.2, 0.25) is 0 Å². The van der Waals surface area contributed by atoms with Gasteiger partial charge in [-0.2, -0.15) is 0 Å². The molecule has 2 aromatic carbocycles. The van der Waals surface area contributed by atoms with Crippen LogP contribution in [0.1, 0.15) is 12.0 Å². The molecule has 1 aliphatic heterocycles. The maximum Gasteiger partial charge on any atom is 0.344 e. The fourth-order valence-corrected chi connectivity index (χ4v) is 4.24. The van der Waals surface area contributed by atoms with Crippen LogP contribution in [0.15, 0.2) is 60.9 Å². The summed E-state index contributed by atoms with van der Waals surface area (Å²) in [6.07, 6.45) is 0.857. The maximum absolute atomic E-state index is 12.8. The molecule has 0 saturated heterocycles. The molecular formula is C24H20ClNO6. The monoisotopic (exact) mass is 453 g/mol. The molecule has 0 bridgehead atoms. The standard InChI is InChI=1S/C24H20ClNO6/c1-29-8-2-7-26-12-19-21(30-13-26)6-4-16-17(11-22(27)32-23(16)19)18-10-14-9-15(25)3-5-20(14)31-24(18)28/h3-6,9-11H,2,7-8,12-13H2,1H3. The summed E-state index contributed by atoms with van der Waals surface area (Å²) in [6.45, 7) is 2.44. The van der Waals surface area contributed by atoms with Crippen LogP contribution in [0.5, 0.6) is 5.75 Å². The summed E-state index contributed by atoms with van der Waals surface area (Å²) in [5.41, 5.74) is 1.24. The third kappa shape index (κ3) is 3.79. The second kappa shape index (κ2) is 8.43. The minimum Gasteiger partial charge on any atom is -0.478 e. The number of ether oxygens (including phenoxy) is 2. The molecule has 0 atom stereocenters. The summed E-state index contributed by atoms with van der Waals surface area (Å²) in [6, 6.07) is 11.7. The number of rotatable bonds is 5. The van der Waals surface area contributed by atoms with Gasteiger partial charge >= 0.3 is 11.3 Å². The van der Waals surface area contributed by atoms with Crippen LogP contribution in [0.3, 0.4) is 0 Å².